The second kappa shape index (κ2) is 10.6. The molecule has 27 heavy (non-hydrogen) atoms. The van der Waals surface area contributed by atoms with E-state index >= 15 is 0 Å². The predicted molar refractivity (Wildman–Crippen MR) is 113 cm³/mol. The van der Waals surface area contributed by atoms with Crippen molar-refractivity contribution in [2.24, 2.45) is 0 Å². The zero-order valence-electron chi connectivity index (χ0n) is 17.0. The number of rotatable bonds is 5. The van der Waals surface area contributed by atoms with Gasteiger partial charge in [-0.3, -0.25) is 4.79 Å². The number of ether oxygens (including phenoxy) is 1. The minimum Gasteiger partial charge on any atom is -0.497 e. The third kappa shape index (κ3) is 5.72. The number of methoxy groups -OCH3 is 1. The van der Waals surface area contributed by atoms with Crippen molar-refractivity contribution in [2.75, 3.05) is 13.7 Å². The van der Waals surface area contributed by atoms with Gasteiger partial charge < -0.3 is 10.1 Å². The van der Waals surface area contributed by atoms with Gasteiger partial charge in [-0.15, -0.1) is 0 Å². The molecule has 2 aromatic rings. The summed E-state index contributed by atoms with van der Waals surface area (Å²) < 4.78 is 5.28. The topological polar surface area (TPSA) is 38.3 Å². The number of hydrogen-bond acceptors (Lipinski definition) is 2. The highest BCUT2D eigenvalue weighted by Crippen LogP contribution is 2.29. The Morgan fingerprint density at radius 3 is 2.37 bits per heavy atom. The molecule has 0 unspecified atom stereocenters. The maximum absolute atomic E-state index is 12.1. The van der Waals surface area contributed by atoms with Crippen LogP contribution in [0.3, 0.4) is 0 Å². The van der Waals surface area contributed by atoms with Crippen LogP contribution < -0.4 is 10.1 Å². The predicted octanol–water partition coefficient (Wildman–Crippen LogP) is 5.19. The van der Waals surface area contributed by atoms with E-state index in [1.54, 1.807) is 7.11 Å². The molecule has 1 amide bonds. The van der Waals surface area contributed by atoms with Crippen LogP contribution >= 0.6 is 0 Å². The number of nitrogens with one attached hydrogen (secondary N) is 1. The molecule has 0 atom stereocenters. The maximum Gasteiger partial charge on any atom is 0.251 e. The molecule has 1 heterocycles. The highest BCUT2D eigenvalue weighted by atomic mass is 16.5. The Morgan fingerprint density at radius 2 is 1.81 bits per heavy atom. The number of carbonyl (C=O) groups is 1. The molecule has 0 saturated carbocycles. The molecule has 0 saturated heterocycles. The summed E-state index contributed by atoms with van der Waals surface area (Å²) in [6.07, 6.45) is 4.07. The van der Waals surface area contributed by atoms with Gasteiger partial charge in [-0.1, -0.05) is 62.2 Å². The number of benzene rings is 2. The van der Waals surface area contributed by atoms with E-state index < -0.39 is 0 Å². The normalized spacial score (nSPS) is 13.6. The smallest absolute Gasteiger partial charge is 0.251 e. The summed E-state index contributed by atoms with van der Waals surface area (Å²) in [5, 5.41) is 2.93. The Hall–Kier alpha value is -2.55. The van der Waals surface area contributed by atoms with Crippen LogP contribution in [0.4, 0.5) is 0 Å². The molecular weight excluding hydrogens is 334 g/mol. The Kier molecular flexibility index (Phi) is 8.12. The third-order valence-electron chi connectivity index (χ3n) is 4.79. The number of carbonyl (C=O) groups excluding carboxylic acids is 1. The van der Waals surface area contributed by atoms with Crippen molar-refractivity contribution in [1.29, 1.82) is 0 Å². The van der Waals surface area contributed by atoms with Gasteiger partial charge >= 0.3 is 0 Å². The van der Waals surface area contributed by atoms with Crippen molar-refractivity contribution in [1.82, 2.24) is 5.32 Å². The van der Waals surface area contributed by atoms with E-state index in [4.69, 9.17) is 4.74 Å². The lowest BCUT2D eigenvalue weighted by Crippen LogP contribution is -2.30. The highest BCUT2D eigenvalue weighted by molar-refractivity contribution is 6.21. The van der Waals surface area contributed by atoms with Crippen molar-refractivity contribution in [2.45, 2.75) is 46.5 Å². The van der Waals surface area contributed by atoms with Crippen molar-refractivity contribution >= 4 is 11.5 Å². The first-order valence-corrected chi connectivity index (χ1v) is 9.79. The zero-order valence-corrected chi connectivity index (χ0v) is 17.0. The van der Waals surface area contributed by atoms with Gasteiger partial charge in [-0.25, -0.2) is 0 Å². The van der Waals surface area contributed by atoms with E-state index in [0.717, 1.165) is 49.1 Å². The summed E-state index contributed by atoms with van der Waals surface area (Å²) in [7, 11) is 1.67. The molecule has 2 aromatic carbocycles. The average molecular weight is 366 g/mol. The van der Waals surface area contributed by atoms with Gasteiger partial charge in [0.1, 0.15) is 5.75 Å². The van der Waals surface area contributed by atoms with Crippen LogP contribution in [-0.2, 0) is 17.6 Å². The summed E-state index contributed by atoms with van der Waals surface area (Å²) in [6.45, 7) is 7.10. The molecule has 1 aliphatic heterocycles. The molecule has 0 bridgehead atoms. The quantitative estimate of drug-likeness (QED) is 0.792. The highest BCUT2D eigenvalue weighted by Gasteiger charge is 2.21. The van der Waals surface area contributed by atoms with Gasteiger partial charge in [0, 0.05) is 12.1 Å². The summed E-state index contributed by atoms with van der Waals surface area (Å²) in [4.78, 5) is 12.1. The van der Waals surface area contributed by atoms with E-state index in [1.165, 1.54) is 16.7 Å². The van der Waals surface area contributed by atoms with Crippen molar-refractivity contribution in [3.63, 3.8) is 0 Å². The fraction of sp³-hybridized carbons (Fsp3) is 0.375. The molecule has 1 N–H and O–H groups in total. The van der Waals surface area contributed by atoms with Crippen LogP contribution in [-0.4, -0.2) is 19.6 Å². The number of amides is 1. The second-order valence-corrected chi connectivity index (χ2v) is 6.77. The van der Waals surface area contributed by atoms with E-state index in [1.807, 2.05) is 31.2 Å². The summed E-state index contributed by atoms with van der Waals surface area (Å²) in [5.41, 5.74) is 5.67. The Labute approximate surface area is 163 Å². The number of hydrogen-bond donors (Lipinski definition) is 1. The molecule has 0 spiro atoms. The van der Waals surface area contributed by atoms with Crippen LogP contribution in [0.2, 0.25) is 0 Å². The lowest BCUT2D eigenvalue weighted by Gasteiger charge is -2.21. The molecule has 3 nitrogen and oxygen atoms in total. The molecule has 0 aromatic heterocycles. The molecule has 0 fully saturated rings. The van der Waals surface area contributed by atoms with Gasteiger partial charge in [-0.05, 0) is 55.0 Å². The largest absolute Gasteiger partial charge is 0.497 e. The van der Waals surface area contributed by atoms with E-state index in [0.29, 0.717) is 0 Å². The molecule has 3 rings (SSSR count). The van der Waals surface area contributed by atoms with Crippen LogP contribution in [0.5, 0.6) is 5.75 Å². The van der Waals surface area contributed by atoms with E-state index in [2.05, 4.69) is 43.4 Å². The fourth-order valence-corrected chi connectivity index (χ4v) is 3.25. The van der Waals surface area contributed by atoms with E-state index in [9.17, 15) is 4.79 Å². The summed E-state index contributed by atoms with van der Waals surface area (Å²) in [5.74, 6) is 0.896. The second-order valence-electron chi connectivity index (χ2n) is 6.77. The molecule has 0 aliphatic carbocycles. The first-order chi connectivity index (χ1) is 13.1. The monoisotopic (exact) mass is 365 g/mol. The Morgan fingerprint density at radius 1 is 1.07 bits per heavy atom. The first-order valence-electron chi connectivity index (χ1n) is 9.79. The Bertz CT molecular complexity index is 778. The average Bonchev–Trinajstić information content (AvgIpc) is 2.70. The standard InChI is InChI=1S/C16H21NO2.C8H10/c1-4-5-12-10-13(19-3)6-7-14(12)15-11(2)8-9-17-16(15)18;1-2-8-6-4-3-5-7-8/h6-7,10H,4-5,8-9H2,1-3H3,(H,17,18);3-7H,2H2,1H3. The van der Waals surface area contributed by atoms with Crippen LogP contribution in [0, 0.1) is 0 Å². The van der Waals surface area contributed by atoms with Crippen LogP contribution in [0.15, 0.2) is 54.1 Å². The van der Waals surface area contributed by atoms with E-state index in [-0.39, 0.29) is 5.91 Å². The molecule has 0 radical (unpaired) electrons. The SMILES string of the molecule is CCCc1cc(OC)ccc1C1=C(C)CCNC1=O.CCc1ccccc1. The number of aryl methyl sites for hydroxylation is 2. The maximum atomic E-state index is 12.1. The van der Waals surface area contributed by atoms with Gasteiger partial charge in [0.15, 0.2) is 0 Å². The molecule has 144 valence electrons. The van der Waals surface area contributed by atoms with Crippen molar-refractivity contribution in [3.05, 3.63) is 70.8 Å². The third-order valence-corrected chi connectivity index (χ3v) is 4.79. The summed E-state index contributed by atoms with van der Waals surface area (Å²) in [6, 6.07) is 16.4. The Balaban J connectivity index is 0.000000273. The van der Waals surface area contributed by atoms with Gasteiger partial charge in [0.2, 0.25) is 0 Å². The molecule has 3 heteroatoms. The van der Waals surface area contributed by atoms with Crippen LogP contribution in [0.25, 0.3) is 5.57 Å². The minimum atomic E-state index is 0.0475. The lowest BCUT2D eigenvalue weighted by atomic mass is 9.90. The van der Waals surface area contributed by atoms with Crippen LogP contribution in [0.1, 0.15) is 50.3 Å². The molecule has 1 aliphatic rings. The summed E-state index contributed by atoms with van der Waals surface area (Å²) >= 11 is 0. The van der Waals surface area contributed by atoms with Gasteiger partial charge in [0.25, 0.3) is 5.91 Å². The lowest BCUT2D eigenvalue weighted by molar-refractivity contribution is -0.115. The molecular formula is C24H31NO2. The van der Waals surface area contributed by atoms with Gasteiger partial charge in [0.05, 0.1) is 7.11 Å². The van der Waals surface area contributed by atoms with Crippen molar-refractivity contribution in [3.8, 4) is 5.75 Å². The van der Waals surface area contributed by atoms with Gasteiger partial charge in [-0.2, -0.15) is 0 Å². The first kappa shape index (κ1) is 20.8. The zero-order chi connectivity index (χ0) is 19.6. The van der Waals surface area contributed by atoms with Crippen molar-refractivity contribution < 1.29 is 9.53 Å². The fourth-order valence-electron chi connectivity index (χ4n) is 3.25. The minimum absolute atomic E-state index is 0.0475.